The van der Waals surface area contributed by atoms with Crippen molar-refractivity contribution in [2.45, 2.75) is 17.9 Å². The maximum Gasteiger partial charge on any atom is 0.241 e. The van der Waals surface area contributed by atoms with Crippen LogP contribution >= 0.6 is 0 Å². The molecule has 1 aliphatic heterocycles. The summed E-state index contributed by atoms with van der Waals surface area (Å²) in [5.41, 5.74) is 0.660. The number of hydrogen-bond acceptors (Lipinski definition) is 7. The molecule has 1 aliphatic rings. The first kappa shape index (κ1) is 20.1. The number of rotatable bonds is 7. The first-order valence-corrected chi connectivity index (χ1v) is 10.1. The second kappa shape index (κ2) is 8.57. The van der Waals surface area contributed by atoms with Crippen LogP contribution in [0.5, 0.6) is 28.7 Å². The van der Waals surface area contributed by atoms with Gasteiger partial charge in [0.2, 0.25) is 15.8 Å². The molecule has 1 N–H and O–H groups in total. The maximum absolute atomic E-state index is 12.7. The van der Waals surface area contributed by atoms with Crippen molar-refractivity contribution in [1.29, 1.82) is 0 Å². The number of nitrogens with one attached hydrogen (secondary N) is 1. The molecule has 0 radical (unpaired) electrons. The van der Waals surface area contributed by atoms with E-state index < -0.39 is 10.0 Å². The van der Waals surface area contributed by atoms with Crippen molar-refractivity contribution in [2.75, 3.05) is 34.5 Å². The van der Waals surface area contributed by atoms with Crippen LogP contribution in [0.2, 0.25) is 0 Å². The van der Waals surface area contributed by atoms with Crippen molar-refractivity contribution in [3.63, 3.8) is 0 Å². The molecule has 2 aromatic carbocycles. The fourth-order valence-corrected chi connectivity index (χ4v) is 3.84. The molecular weight excluding hydrogens is 386 g/mol. The molecule has 9 heteroatoms. The highest BCUT2D eigenvalue weighted by Crippen LogP contribution is 2.38. The molecule has 3 rings (SSSR count). The summed E-state index contributed by atoms with van der Waals surface area (Å²) in [6.07, 6.45) is 0.746. The van der Waals surface area contributed by atoms with Crippen molar-refractivity contribution >= 4 is 10.0 Å². The van der Waals surface area contributed by atoms with Crippen LogP contribution in [-0.2, 0) is 16.6 Å². The average molecular weight is 409 g/mol. The van der Waals surface area contributed by atoms with E-state index in [1.807, 2.05) is 0 Å². The van der Waals surface area contributed by atoms with Crippen LogP contribution < -0.4 is 28.4 Å². The third-order valence-corrected chi connectivity index (χ3v) is 5.62. The SMILES string of the molecule is COc1cc(CNS(=O)(=O)c2ccc3c(c2)OCCCO3)cc(OC)c1OC. The molecule has 2 aromatic rings. The predicted octanol–water partition coefficient (Wildman–Crippen LogP) is 2.35. The Bertz CT molecular complexity index is 918. The van der Waals surface area contributed by atoms with Crippen molar-refractivity contribution in [3.8, 4) is 28.7 Å². The van der Waals surface area contributed by atoms with Gasteiger partial charge in [-0.3, -0.25) is 0 Å². The van der Waals surface area contributed by atoms with Crippen molar-refractivity contribution in [3.05, 3.63) is 35.9 Å². The minimum Gasteiger partial charge on any atom is -0.493 e. The number of benzene rings is 2. The Morgan fingerprint density at radius 1 is 0.929 bits per heavy atom. The lowest BCUT2D eigenvalue weighted by Gasteiger charge is -2.15. The Balaban J connectivity index is 1.81. The van der Waals surface area contributed by atoms with Crippen LogP contribution in [0.3, 0.4) is 0 Å². The molecule has 0 aromatic heterocycles. The summed E-state index contributed by atoms with van der Waals surface area (Å²) in [6, 6.07) is 7.95. The minimum atomic E-state index is -3.76. The average Bonchev–Trinajstić information content (AvgIpc) is 2.96. The van der Waals surface area contributed by atoms with E-state index in [4.69, 9.17) is 23.7 Å². The van der Waals surface area contributed by atoms with Gasteiger partial charge in [0, 0.05) is 19.0 Å². The van der Waals surface area contributed by atoms with Crippen molar-refractivity contribution in [1.82, 2.24) is 4.72 Å². The monoisotopic (exact) mass is 409 g/mol. The molecule has 0 aliphatic carbocycles. The van der Waals surface area contributed by atoms with Gasteiger partial charge in [-0.2, -0.15) is 0 Å². The number of hydrogen-bond donors (Lipinski definition) is 1. The van der Waals surface area contributed by atoms with Gasteiger partial charge in [0.25, 0.3) is 0 Å². The summed E-state index contributed by atoms with van der Waals surface area (Å²) in [4.78, 5) is 0.101. The number of fused-ring (bicyclic) bond motifs is 1. The van der Waals surface area contributed by atoms with Crippen LogP contribution in [0.4, 0.5) is 0 Å². The topological polar surface area (TPSA) is 92.3 Å². The van der Waals surface area contributed by atoms with E-state index >= 15 is 0 Å². The molecule has 0 saturated heterocycles. The van der Waals surface area contributed by atoms with Gasteiger partial charge in [-0.15, -0.1) is 0 Å². The highest BCUT2D eigenvalue weighted by molar-refractivity contribution is 7.89. The Morgan fingerprint density at radius 3 is 2.18 bits per heavy atom. The second-order valence-corrected chi connectivity index (χ2v) is 7.78. The normalized spacial score (nSPS) is 13.5. The van der Waals surface area contributed by atoms with Crippen LogP contribution in [0.15, 0.2) is 35.2 Å². The van der Waals surface area contributed by atoms with Crippen molar-refractivity contribution < 1.29 is 32.1 Å². The molecule has 28 heavy (non-hydrogen) atoms. The van der Waals surface area contributed by atoms with Gasteiger partial charge in [-0.05, 0) is 29.8 Å². The molecular formula is C19H23NO7S. The summed E-state index contributed by atoms with van der Waals surface area (Å²) in [7, 11) is 0.756. The lowest BCUT2D eigenvalue weighted by molar-refractivity contribution is 0.297. The highest BCUT2D eigenvalue weighted by Gasteiger charge is 2.20. The van der Waals surface area contributed by atoms with E-state index in [2.05, 4.69) is 4.72 Å². The van der Waals surface area contributed by atoms with Gasteiger partial charge in [-0.25, -0.2) is 13.1 Å². The van der Waals surface area contributed by atoms with Gasteiger partial charge >= 0.3 is 0 Å². The lowest BCUT2D eigenvalue weighted by Crippen LogP contribution is -2.23. The van der Waals surface area contributed by atoms with Gasteiger partial charge in [0.05, 0.1) is 39.4 Å². The fraction of sp³-hybridized carbons (Fsp3) is 0.368. The largest absolute Gasteiger partial charge is 0.493 e. The van der Waals surface area contributed by atoms with E-state index in [0.717, 1.165) is 6.42 Å². The molecule has 0 fully saturated rings. The first-order valence-electron chi connectivity index (χ1n) is 8.66. The van der Waals surface area contributed by atoms with Crippen molar-refractivity contribution in [2.24, 2.45) is 0 Å². The molecule has 0 bridgehead atoms. The standard InChI is InChI=1S/C19H23NO7S/c1-23-17-9-13(10-18(24-2)19(17)25-3)12-20-28(21,22)14-5-6-15-16(11-14)27-8-4-7-26-15/h5-6,9-11,20H,4,7-8,12H2,1-3H3. The summed E-state index contributed by atoms with van der Waals surface area (Å²) < 4.78 is 55.0. The molecule has 0 amide bonds. The van der Waals surface area contributed by atoms with Crippen LogP contribution in [0.1, 0.15) is 12.0 Å². The fourth-order valence-electron chi connectivity index (χ4n) is 2.81. The van der Waals surface area contributed by atoms with E-state index in [1.165, 1.54) is 33.5 Å². The molecule has 0 spiro atoms. The van der Waals surface area contributed by atoms with E-state index in [0.29, 0.717) is 47.5 Å². The Kier molecular flexibility index (Phi) is 6.15. The van der Waals surface area contributed by atoms with E-state index in [1.54, 1.807) is 18.2 Å². The molecule has 152 valence electrons. The Morgan fingerprint density at radius 2 is 1.57 bits per heavy atom. The van der Waals surface area contributed by atoms with Crippen LogP contribution in [-0.4, -0.2) is 43.0 Å². The summed E-state index contributed by atoms with van der Waals surface area (Å²) in [5, 5.41) is 0. The summed E-state index contributed by atoms with van der Waals surface area (Å²) in [6.45, 7) is 1.07. The van der Waals surface area contributed by atoms with Gasteiger partial charge < -0.3 is 23.7 Å². The molecule has 8 nitrogen and oxygen atoms in total. The van der Waals surface area contributed by atoms with Gasteiger partial charge in [-0.1, -0.05) is 0 Å². The van der Waals surface area contributed by atoms with Crippen LogP contribution in [0, 0.1) is 0 Å². The highest BCUT2D eigenvalue weighted by atomic mass is 32.2. The van der Waals surface area contributed by atoms with Gasteiger partial charge in [0.15, 0.2) is 23.0 Å². The Hall–Kier alpha value is -2.65. The maximum atomic E-state index is 12.7. The number of methoxy groups -OCH3 is 3. The Labute approximate surface area is 164 Å². The van der Waals surface area contributed by atoms with Gasteiger partial charge in [0.1, 0.15) is 0 Å². The molecule has 0 unspecified atom stereocenters. The minimum absolute atomic E-state index is 0.0491. The third-order valence-electron chi connectivity index (χ3n) is 4.22. The molecule has 0 atom stereocenters. The summed E-state index contributed by atoms with van der Waals surface area (Å²) in [5.74, 6) is 2.31. The lowest BCUT2D eigenvalue weighted by atomic mass is 10.2. The number of ether oxygens (including phenoxy) is 5. The third kappa shape index (κ3) is 4.26. The summed E-state index contributed by atoms with van der Waals surface area (Å²) >= 11 is 0. The smallest absolute Gasteiger partial charge is 0.241 e. The molecule has 0 saturated carbocycles. The molecule has 1 heterocycles. The van der Waals surface area contributed by atoms with Crippen LogP contribution in [0.25, 0.3) is 0 Å². The zero-order chi connectivity index (χ0) is 20.1. The van der Waals surface area contributed by atoms with E-state index in [9.17, 15) is 8.42 Å². The zero-order valence-corrected chi connectivity index (χ0v) is 16.8. The predicted molar refractivity (Wildman–Crippen MR) is 102 cm³/mol. The zero-order valence-electron chi connectivity index (χ0n) is 16.0. The van der Waals surface area contributed by atoms with E-state index in [-0.39, 0.29) is 11.4 Å². The first-order chi connectivity index (χ1) is 13.5. The second-order valence-electron chi connectivity index (χ2n) is 6.02. The quantitative estimate of drug-likeness (QED) is 0.750. The number of sulfonamides is 1.